The zero-order valence-corrected chi connectivity index (χ0v) is 14.8. The lowest BCUT2D eigenvalue weighted by Crippen LogP contribution is -2.40. The standard InChI is InChI=1S/C20H23NO5/c1-12(22)16-7-2-3-8-17(16)21-18(23)11-26-20(25)15-9-13-5-4-6-14(10-15)19(13)24/h2-3,7-8,13-15H,4-6,9-11H2,1H3,(H,21,23)/t13-,14+,15?. The van der Waals surface area contributed by atoms with Crippen molar-refractivity contribution >= 4 is 29.1 Å². The number of fused-ring (bicyclic) bond motifs is 2. The van der Waals surface area contributed by atoms with Gasteiger partial charge >= 0.3 is 5.97 Å². The second-order valence-corrected chi connectivity index (χ2v) is 7.15. The summed E-state index contributed by atoms with van der Waals surface area (Å²) in [6.45, 7) is 1.02. The van der Waals surface area contributed by atoms with E-state index in [9.17, 15) is 19.2 Å². The van der Waals surface area contributed by atoms with E-state index in [1.807, 2.05) is 0 Å². The van der Waals surface area contributed by atoms with E-state index in [0.29, 0.717) is 29.9 Å². The van der Waals surface area contributed by atoms with E-state index in [2.05, 4.69) is 5.32 Å². The first-order chi connectivity index (χ1) is 12.5. The zero-order chi connectivity index (χ0) is 18.7. The van der Waals surface area contributed by atoms with Crippen LogP contribution >= 0.6 is 0 Å². The molecule has 0 heterocycles. The van der Waals surface area contributed by atoms with Crippen molar-refractivity contribution in [3.8, 4) is 0 Å². The number of esters is 1. The molecule has 0 radical (unpaired) electrons. The summed E-state index contributed by atoms with van der Waals surface area (Å²) in [5, 5.41) is 2.61. The van der Waals surface area contributed by atoms with Crippen LogP contribution in [-0.4, -0.2) is 30.0 Å². The van der Waals surface area contributed by atoms with Gasteiger partial charge in [0, 0.05) is 17.4 Å². The second-order valence-electron chi connectivity index (χ2n) is 7.15. The van der Waals surface area contributed by atoms with Crippen molar-refractivity contribution < 1.29 is 23.9 Å². The number of ether oxygens (including phenoxy) is 1. The number of anilines is 1. The number of nitrogens with one attached hydrogen (secondary N) is 1. The van der Waals surface area contributed by atoms with E-state index in [0.717, 1.165) is 19.3 Å². The molecule has 1 aromatic carbocycles. The summed E-state index contributed by atoms with van der Waals surface area (Å²) in [7, 11) is 0. The van der Waals surface area contributed by atoms with Crippen molar-refractivity contribution in [2.24, 2.45) is 17.8 Å². The largest absolute Gasteiger partial charge is 0.455 e. The van der Waals surface area contributed by atoms with Crippen LogP contribution in [0, 0.1) is 17.8 Å². The van der Waals surface area contributed by atoms with Gasteiger partial charge in [0.05, 0.1) is 11.6 Å². The Balaban J connectivity index is 1.53. The fourth-order valence-corrected chi connectivity index (χ4v) is 4.01. The number of carbonyl (C=O) groups excluding carboxylic acids is 4. The van der Waals surface area contributed by atoms with Crippen molar-refractivity contribution in [3.63, 3.8) is 0 Å². The Morgan fingerprint density at radius 3 is 2.42 bits per heavy atom. The van der Waals surface area contributed by atoms with Crippen LogP contribution in [0.25, 0.3) is 0 Å². The first-order valence-corrected chi connectivity index (χ1v) is 9.06. The molecule has 138 valence electrons. The highest BCUT2D eigenvalue weighted by Gasteiger charge is 2.41. The summed E-state index contributed by atoms with van der Waals surface area (Å²) in [5.74, 6) is -1.13. The molecule has 2 saturated carbocycles. The van der Waals surface area contributed by atoms with Gasteiger partial charge in [-0.25, -0.2) is 0 Å². The quantitative estimate of drug-likeness (QED) is 0.646. The van der Waals surface area contributed by atoms with E-state index in [1.54, 1.807) is 24.3 Å². The number of carbonyl (C=O) groups is 4. The van der Waals surface area contributed by atoms with Crippen molar-refractivity contribution in [1.82, 2.24) is 0 Å². The van der Waals surface area contributed by atoms with Gasteiger partial charge < -0.3 is 10.1 Å². The number of hydrogen-bond donors (Lipinski definition) is 1. The molecule has 2 aliphatic rings. The van der Waals surface area contributed by atoms with Gasteiger partial charge in [0.2, 0.25) is 0 Å². The minimum Gasteiger partial charge on any atom is -0.455 e. The van der Waals surface area contributed by atoms with E-state index in [1.165, 1.54) is 6.92 Å². The first kappa shape index (κ1) is 18.3. The summed E-state index contributed by atoms with van der Waals surface area (Å²) >= 11 is 0. The maximum atomic E-state index is 12.3. The normalized spacial score (nSPS) is 24.7. The van der Waals surface area contributed by atoms with Gasteiger partial charge in [-0.15, -0.1) is 0 Å². The molecular weight excluding hydrogens is 334 g/mol. The Labute approximate surface area is 152 Å². The number of hydrogen-bond acceptors (Lipinski definition) is 5. The monoisotopic (exact) mass is 357 g/mol. The molecule has 0 saturated heterocycles. The Bertz CT molecular complexity index is 725. The molecular formula is C20H23NO5. The van der Waals surface area contributed by atoms with Gasteiger partial charge in [-0.2, -0.15) is 0 Å². The molecule has 26 heavy (non-hydrogen) atoms. The third-order valence-corrected chi connectivity index (χ3v) is 5.31. The van der Waals surface area contributed by atoms with E-state index in [4.69, 9.17) is 4.74 Å². The molecule has 0 spiro atoms. The van der Waals surface area contributed by atoms with Gasteiger partial charge in [0.15, 0.2) is 12.4 Å². The number of amides is 1. The van der Waals surface area contributed by atoms with Crippen LogP contribution in [0.1, 0.15) is 49.4 Å². The van der Waals surface area contributed by atoms with Gasteiger partial charge in [-0.05, 0) is 44.7 Å². The first-order valence-electron chi connectivity index (χ1n) is 9.06. The lowest BCUT2D eigenvalue weighted by Gasteiger charge is -2.36. The average Bonchev–Trinajstić information content (AvgIpc) is 2.59. The third kappa shape index (κ3) is 4.00. The number of para-hydroxylation sites is 1. The maximum Gasteiger partial charge on any atom is 0.309 e. The van der Waals surface area contributed by atoms with Crippen LogP contribution in [0.5, 0.6) is 0 Å². The molecule has 6 nitrogen and oxygen atoms in total. The lowest BCUT2D eigenvalue weighted by atomic mass is 9.67. The van der Waals surface area contributed by atoms with Crippen molar-refractivity contribution in [2.45, 2.75) is 39.0 Å². The Kier molecular flexibility index (Phi) is 5.49. The number of benzene rings is 1. The SMILES string of the molecule is CC(=O)c1ccccc1NC(=O)COC(=O)C1C[C@H]2CCC[C@@H](C1)C2=O. The second kappa shape index (κ2) is 7.81. The predicted molar refractivity (Wildman–Crippen MR) is 94.6 cm³/mol. The zero-order valence-electron chi connectivity index (χ0n) is 14.8. The summed E-state index contributed by atoms with van der Waals surface area (Å²) in [6.07, 6.45) is 3.80. The molecule has 2 bridgehead atoms. The van der Waals surface area contributed by atoms with Crippen LogP contribution in [-0.2, 0) is 19.1 Å². The number of rotatable bonds is 5. The van der Waals surface area contributed by atoms with Crippen LogP contribution in [0.3, 0.4) is 0 Å². The molecule has 1 aromatic rings. The summed E-state index contributed by atoms with van der Waals surface area (Å²) in [6, 6.07) is 6.69. The molecule has 2 aliphatic carbocycles. The van der Waals surface area contributed by atoms with E-state index < -0.39 is 18.5 Å². The van der Waals surface area contributed by atoms with Crippen LogP contribution in [0.2, 0.25) is 0 Å². The van der Waals surface area contributed by atoms with Crippen molar-refractivity contribution in [2.75, 3.05) is 11.9 Å². The molecule has 3 atom stereocenters. The summed E-state index contributed by atoms with van der Waals surface area (Å²) in [5.41, 5.74) is 0.810. The number of ketones is 2. The highest BCUT2D eigenvalue weighted by molar-refractivity contribution is 6.04. The van der Waals surface area contributed by atoms with Crippen molar-refractivity contribution in [3.05, 3.63) is 29.8 Å². The van der Waals surface area contributed by atoms with E-state index in [-0.39, 0.29) is 23.5 Å². The van der Waals surface area contributed by atoms with Gasteiger partial charge in [-0.1, -0.05) is 18.6 Å². The molecule has 0 aromatic heterocycles. The average molecular weight is 357 g/mol. The summed E-state index contributed by atoms with van der Waals surface area (Å²) < 4.78 is 5.17. The molecule has 1 N–H and O–H groups in total. The van der Waals surface area contributed by atoms with E-state index >= 15 is 0 Å². The minimum absolute atomic E-state index is 0.0312. The maximum absolute atomic E-state index is 12.3. The third-order valence-electron chi connectivity index (χ3n) is 5.31. The molecule has 6 heteroatoms. The molecule has 1 amide bonds. The fraction of sp³-hybridized carbons (Fsp3) is 0.500. The highest BCUT2D eigenvalue weighted by Crippen LogP contribution is 2.40. The Morgan fingerprint density at radius 2 is 1.77 bits per heavy atom. The van der Waals surface area contributed by atoms with Crippen LogP contribution in [0.15, 0.2) is 24.3 Å². The van der Waals surface area contributed by atoms with Crippen LogP contribution < -0.4 is 5.32 Å². The number of Topliss-reactive ketones (excluding diaryl/α,β-unsaturated/α-hetero) is 2. The smallest absolute Gasteiger partial charge is 0.309 e. The highest BCUT2D eigenvalue weighted by atomic mass is 16.5. The molecule has 2 fully saturated rings. The topological polar surface area (TPSA) is 89.5 Å². The van der Waals surface area contributed by atoms with Gasteiger partial charge in [0.1, 0.15) is 5.78 Å². The minimum atomic E-state index is -0.487. The summed E-state index contributed by atoms with van der Waals surface area (Å²) in [4.78, 5) is 48.0. The molecule has 0 aliphatic heterocycles. The lowest BCUT2D eigenvalue weighted by molar-refractivity contribution is -0.155. The Morgan fingerprint density at radius 1 is 1.12 bits per heavy atom. The fourth-order valence-electron chi connectivity index (χ4n) is 4.01. The Hall–Kier alpha value is -2.50. The molecule has 1 unspecified atom stereocenters. The van der Waals surface area contributed by atoms with Crippen LogP contribution in [0.4, 0.5) is 5.69 Å². The van der Waals surface area contributed by atoms with Gasteiger partial charge in [0.25, 0.3) is 5.91 Å². The van der Waals surface area contributed by atoms with Crippen molar-refractivity contribution in [1.29, 1.82) is 0 Å². The van der Waals surface area contributed by atoms with Gasteiger partial charge in [-0.3, -0.25) is 19.2 Å². The molecule has 3 rings (SSSR count). The predicted octanol–water partition coefficient (Wildman–Crippen LogP) is 2.77.